The van der Waals surface area contributed by atoms with E-state index in [1.165, 1.54) is 4.68 Å². The van der Waals surface area contributed by atoms with Crippen LogP contribution in [0.15, 0.2) is 18.6 Å². The predicted molar refractivity (Wildman–Crippen MR) is 65.0 cm³/mol. The first-order valence-corrected chi connectivity index (χ1v) is 5.47. The van der Waals surface area contributed by atoms with Crippen LogP contribution in [0.5, 0.6) is 0 Å². The molecule has 0 amide bonds. The van der Waals surface area contributed by atoms with Crippen LogP contribution < -0.4 is 5.73 Å². The van der Waals surface area contributed by atoms with Gasteiger partial charge in [-0.1, -0.05) is 0 Å². The Morgan fingerprint density at radius 3 is 2.67 bits per heavy atom. The maximum absolute atomic E-state index is 10.6. The van der Waals surface area contributed by atoms with Gasteiger partial charge in [0.1, 0.15) is 6.20 Å². The maximum atomic E-state index is 10.6. The molecule has 0 fully saturated rings. The summed E-state index contributed by atoms with van der Waals surface area (Å²) in [6.45, 7) is 4.40. The van der Waals surface area contributed by atoms with Crippen LogP contribution in [-0.4, -0.2) is 24.5 Å². The van der Waals surface area contributed by atoms with Gasteiger partial charge in [0.2, 0.25) is 5.82 Å². The topological polar surface area (TPSA) is 105 Å². The summed E-state index contributed by atoms with van der Waals surface area (Å²) in [5.41, 5.74) is 6.37. The summed E-state index contributed by atoms with van der Waals surface area (Å²) < 4.78 is 3.20. The summed E-state index contributed by atoms with van der Waals surface area (Å²) in [7, 11) is 0. The molecule has 0 radical (unpaired) electrons. The molecule has 0 aliphatic carbocycles. The van der Waals surface area contributed by atoms with Gasteiger partial charge in [0, 0.05) is 17.8 Å². The Bertz CT molecular complexity index is 571. The lowest BCUT2D eigenvalue weighted by Gasteiger charge is -2.03. The van der Waals surface area contributed by atoms with E-state index in [-0.39, 0.29) is 17.5 Å². The SMILES string of the molecule is CC(C)n1cc(Cn2ncc([N+](=O)[O-])c2N)cn1. The van der Waals surface area contributed by atoms with Crippen molar-refractivity contribution < 1.29 is 4.92 Å². The van der Waals surface area contributed by atoms with Gasteiger partial charge in [-0.3, -0.25) is 14.8 Å². The Kier molecular flexibility index (Phi) is 3.00. The van der Waals surface area contributed by atoms with E-state index in [4.69, 9.17) is 5.73 Å². The van der Waals surface area contributed by atoms with Crippen molar-refractivity contribution in [2.45, 2.75) is 26.4 Å². The van der Waals surface area contributed by atoms with Crippen LogP contribution >= 0.6 is 0 Å². The molecule has 0 aliphatic heterocycles. The number of nitrogens with zero attached hydrogens (tertiary/aromatic N) is 5. The third-order valence-electron chi connectivity index (χ3n) is 2.57. The van der Waals surface area contributed by atoms with E-state index >= 15 is 0 Å². The summed E-state index contributed by atoms with van der Waals surface area (Å²) in [6, 6.07) is 0.267. The fraction of sp³-hybridized carbons (Fsp3) is 0.400. The van der Waals surface area contributed by atoms with Crippen LogP contribution in [0.1, 0.15) is 25.5 Å². The molecule has 0 aliphatic rings. The van der Waals surface area contributed by atoms with Gasteiger partial charge >= 0.3 is 5.69 Å². The number of nitrogen functional groups attached to an aromatic ring is 1. The van der Waals surface area contributed by atoms with Crippen LogP contribution in [0.25, 0.3) is 0 Å². The van der Waals surface area contributed by atoms with Gasteiger partial charge in [-0.25, -0.2) is 4.68 Å². The smallest absolute Gasteiger partial charge is 0.330 e. The molecule has 0 unspecified atom stereocenters. The van der Waals surface area contributed by atoms with Gasteiger partial charge in [-0.05, 0) is 13.8 Å². The van der Waals surface area contributed by atoms with Gasteiger partial charge in [0.15, 0.2) is 0 Å². The van der Waals surface area contributed by atoms with Crippen molar-refractivity contribution >= 4 is 11.5 Å². The van der Waals surface area contributed by atoms with Crippen molar-refractivity contribution in [2.75, 3.05) is 5.73 Å². The maximum Gasteiger partial charge on any atom is 0.330 e. The van der Waals surface area contributed by atoms with Crippen LogP contribution in [0.3, 0.4) is 0 Å². The molecule has 18 heavy (non-hydrogen) atoms. The molecule has 0 bridgehead atoms. The average Bonchev–Trinajstić information content (AvgIpc) is 2.87. The largest absolute Gasteiger partial charge is 0.378 e. The lowest BCUT2D eigenvalue weighted by Crippen LogP contribution is -2.06. The van der Waals surface area contributed by atoms with Gasteiger partial charge < -0.3 is 5.73 Å². The van der Waals surface area contributed by atoms with E-state index in [1.807, 2.05) is 24.7 Å². The van der Waals surface area contributed by atoms with E-state index in [2.05, 4.69) is 10.2 Å². The first-order valence-electron chi connectivity index (χ1n) is 5.47. The zero-order valence-electron chi connectivity index (χ0n) is 10.1. The van der Waals surface area contributed by atoms with Crippen molar-refractivity contribution in [3.8, 4) is 0 Å². The zero-order chi connectivity index (χ0) is 13.3. The Balaban J connectivity index is 2.20. The lowest BCUT2D eigenvalue weighted by molar-refractivity contribution is -0.384. The Hall–Kier alpha value is -2.38. The quantitative estimate of drug-likeness (QED) is 0.648. The van der Waals surface area contributed by atoms with E-state index in [9.17, 15) is 10.1 Å². The fourth-order valence-corrected chi connectivity index (χ4v) is 1.57. The highest BCUT2D eigenvalue weighted by atomic mass is 16.6. The molecule has 2 heterocycles. The van der Waals surface area contributed by atoms with Crippen LogP contribution in [0.4, 0.5) is 11.5 Å². The highest BCUT2D eigenvalue weighted by Gasteiger charge is 2.17. The summed E-state index contributed by atoms with van der Waals surface area (Å²) in [5.74, 6) is 0.0531. The third kappa shape index (κ3) is 2.17. The molecule has 0 atom stereocenters. The van der Waals surface area contributed by atoms with Crippen molar-refractivity contribution in [3.63, 3.8) is 0 Å². The Morgan fingerprint density at radius 2 is 2.17 bits per heavy atom. The molecule has 96 valence electrons. The first kappa shape index (κ1) is 12.1. The summed E-state index contributed by atoms with van der Waals surface area (Å²) in [4.78, 5) is 10.1. The second kappa shape index (κ2) is 4.47. The average molecular weight is 250 g/mol. The zero-order valence-corrected chi connectivity index (χ0v) is 10.1. The van der Waals surface area contributed by atoms with E-state index in [0.717, 1.165) is 11.8 Å². The van der Waals surface area contributed by atoms with E-state index in [0.29, 0.717) is 6.54 Å². The number of aromatic nitrogens is 4. The fourth-order valence-electron chi connectivity index (χ4n) is 1.57. The molecule has 0 saturated carbocycles. The molecule has 8 heteroatoms. The van der Waals surface area contributed by atoms with Gasteiger partial charge in [-0.15, -0.1) is 0 Å². The standard InChI is InChI=1S/C10H14N6O2/c1-7(2)14-5-8(3-12-14)6-15-10(11)9(4-13-15)16(17)18/h3-5,7H,6,11H2,1-2H3. The minimum absolute atomic E-state index is 0.0531. The van der Waals surface area contributed by atoms with Crippen molar-refractivity contribution in [3.05, 3.63) is 34.3 Å². The first-order chi connectivity index (χ1) is 8.49. The second-order valence-electron chi connectivity index (χ2n) is 4.25. The minimum Gasteiger partial charge on any atom is -0.378 e. The Morgan fingerprint density at radius 1 is 1.44 bits per heavy atom. The van der Waals surface area contributed by atoms with Crippen LogP contribution in [0, 0.1) is 10.1 Å². The van der Waals surface area contributed by atoms with Crippen molar-refractivity contribution in [1.29, 1.82) is 0 Å². The van der Waals surface area contributed by atoms with Gasteiger partial charge in [0.25, 0.3) is 0 Å². The molecule has 2 aromatic rings. The molecular weight excluding hydrogens is 236 g/mol. The number of nitrogens with two attached hydrogens (primary N) is 1. The lowest BCUT2D eigenvalue weighted by atomic mass is 10.3. The van der Waals surface area contributed by atoms with E-state index < -0.39 is 4.92 Å². The summed E-state index contributed by atoms with van der Waals surface area (Å²) >= 11 is 0. The molecular formula is C10H14N6O2. The highest BCUT2D eigenvalue weighted by molar-refractivity contribution is 5.51. The summed E-state index contributed by atoms with van der Waals surface area (Å²) in [5, 5.41) is 18.7. The molecule has 8 nitrogen and oxygen atoms in total. The number of anilines is 1. The van der Waals surface area contributed by atoms with Crippen molar-refractivity contribution in [1.82, 2.24) is 19.6 Å². The monoisotopic (exact) mass is 250 g/mol. The molecule has 0 saturated heterocycles. The van der Waals surface area contributed by atoms with Gasteiger partial charge in [-0.2, -0.15) is 10.2 Å². The number of nitro groups is 1. The Labute approximate surface area is 103 Å². The number of hydrogen-bond acceptors (Lipinski definition) is 5. The van der Waals surface area contributed by atoms with Gasteiger partial charge in [0.05, 0.1) is 17.7 Å². The number of rotatable bonds is 4. The highest BCUT2D eigenvalue weighted by Crippen LogP contribution is 2.20. The molecule has 0 aromatic carbocycles. The molecule has 2 rings (SSSR count). The molecule has 2 aromatic heterocycles. The predicted octanol–water partition coefficient (Wildman–Crippen LogP) is 1.20. The summed E-state index contributed by atoms with van der Waals surface area (Å²) in [6.07, 6.45) is 4.73. The normalized spacial score (nSPS) is 11.1. The van der Waals surface area contributed by atoms with Crippen LogP contribution in [-0.2, 0) is 6.54 Å². The third-order valence-corrected chi connectivity index (χ3v) is 2.57. The van der Waals surface area contributed by atoms with Crippen LogP contribution in [0.2, 0.25) is 0 Å². The molecule has 2 N–H and O–H groups in total. The molecule has 0 spiro atoms. The van der Waals surface area contributed by atoms with Crippen molar-refractivity contribution in [2.24, 2.45) is 0 Å². The minimum atomic E-state index is -0.545. The van der Waals surface area contributed by atoms with E-state index in [1.54, 1.807) is 6.20 Å². The second-order valence-corrected chi connectivity index (χ2v) is 4.25. The number of hydrogen-bond donors (Lipinski definition) is 1.